The fourth-order valence-corrected chi connectivity index (χ4v) is 95.5. The Morgan fingerprint density at radius 3 is 2.02 bits per heavy atom. The van der Waals surface area contributed by atoms with Crippen molar-refractivity contribution in [1.29, 1.82) is 0 Å². The van der Waals surface area contributed by atoms with Crippen LogP contribution in [0, 0.1) is 5.41 Å². The van der Waals surface area contributed by atoms with Crippen LogP contribution in [0.4, 0.5) is 4.79 Å². The topological polar surface area (TPSA) is 77.8 Å². The van der Waals surface area contributed by atoms with Crippen LogP contribution in [0.25, 0.3) is 10.9 Å². The van der Waals surface area contributed by atoms with E-state index in [2.05, 4.69) is 0 Å². The van der Waals surface area contributed by atoms with E-state index in [1.54, 1.807) is 4.57 Å². The summed E-state index contributed by atoms with van der Waals surface area (Å²) in [6, 6.07) is 7.77. The zero-order chi connectivity index (χ0) is 28.4. The van der Waals surface area contributed by atoms with Crippen molar-refractivity contribution in [1.82, 2.24) is 9.47 Å². The third-order valence-electron chi connectivity index (χ3n) is 20.4. The molecule has 1 spiro atoms. The van der Waals surface area contributed by atoms with Crippen molar-refractivity contribution in [3.8, 4) is 0 Å². The molecule has 1 amide bonds. The zero-order valence-electron chi connectivity index (χ0n) is 24.7. The fraction of sp³-hybridized carbons (Fsp3) is 0.667. The van der Waals surface area contributed by atoms with Crippen LogP contribution in [-0.2, 0) is 32.0 Å². The number of cyclic esters (lactones) is 1. The van der Waals surface area contributed by atoms with Crippen molar-refractivity contribution in [2.24, 2.45) is 5.41 Å². The summed E-state index contributed by atoms with van der Waals surface area (Å²) in [5.41, 5.74) is -0.786. The predicted octanol–water partition coefficient (Wildman–Crippen LogP) is 7.24. The number of carbonyl (C=O) groups is 3. The molecule has 8 heteroatoms. The molecule has 11 aliphatic rings. The number of nitrogens with zero attached hydrogens (tertiary/aromatic N) is 2. The number of hydrogen-bond donors (Lipinski definition) is 0. The molecule has 1 aromatic carbocycles. The average molecular weight is 599 g/mol. The summed E-state index contributed by atoms with van der Waals surface area (Å²) in [6.45, 7) is 9.70. The summed E-state index contributed by atoms with van der Waals surface area (Å²) >= 11 is 0. The van der Waals surface area contributed by atoms with E-state index >= 15 is 0 Å². The maximum atomic E-state index is 14.5. The van der Waals surface area contributed by atoms with E-state index in [0.29, 0.717) is 6.42 Å². The summed E-state index contributed by atoms with van der Waals surface area (Å²) in [4.78, 5) is 53.3. The maximum absolute atomic E-state index is 14.5. The van der Waals surface area contributed by atoms with Crippen LogP contribution in [0.3, 0.4) is 0 Å². The Balaban J connectivity index is 0.966. The Bertz CT molecular complexity index is 2120. The van der Waals surface area contributed by atoms with E-state index in [4.69, 9.17) is 9.47 Å². The van der Waals surface area contributed by atoms with Crippen molar-refractivity contribution >= 4 is 28.9 Å². The van der Waals surface area contributed by atoms with Gasteiger partial charge in [-0.1, -0.05) is 0 Å². The summed E-state index contributed by atoms with van der Waals surface area (Å²) in [5.74, 6) is -0.229. The van der Waals surface area contributed by atoms with Gasteiger partial charge in [-0.2, -0.15) is 0 Å². The molecule has 1 aromatic heterocycles. The first-order valence-corrected chi connectivity index (χ1v) is 21.8. The number of para-hydroxylation sites is 1. The van der Waals surface area contributed by atoms with Gasteiger partial charge in [-0.25, -0.2) is 0 Å². The first kappa shape index (κ1) is 21.4. The second-order valence-corrected chi connectivity index (χ2v) is 43.5. The normalized spacial score (nSPS) is 64.5. The van der Waals surface area contributed by atoms with Gasteiger partial charge in [0.15, 0.2) is 0 Å². The van der Waals surface area contributed by atoms with Crippen LogP contribution in [-0.4, -0.2) is 44.8 Å². The number of hydrogen-bond acceptors (Lipinski definition) is 5. The third-order valence-corrected chi connectivity index (χ3v) is 63.0. The second kappa shape index (κ2) is 3.06. The van der Waals surface area contributed by atoms with Gasteiger partial charge in [0.1, 0.15) is 0 Å². The van der Waals surface area contributed by atoms with E-state index in [9.17, 15) is 14.4 Å². The van der Waals surface area contributed by atoms with Gasteiger partial charge in [-0.3, -0.25) is 0 Å². The molecule has 0 radical (unpaired) electrons. The molecule has 2 aromatic rings. The zero-order valence-corrected chi connectivity index (χ0v) is 25.8. The van der Waals surface area contributed by atoms with E-state index in [0.717, 1.165) is 59.8 Å². The molecule has 0 bridgehead atoms. The van der Waals surface area contributed by atoms with Gasteiger partial charge in [0.25, 0.3) is 0 Å². The predicted molar refractivity (Wildman–Crippen MR) is 148 cm³/mol. The Hall–Kier alpha value is -2.31. The molecular formula is C33H38FeN2O5. The van der Waals surface area contributed by atoms with E-state index < -0.39 is 29.2 Å². The quantitative estimate of drug-likeness (QED) is 0.275. The number of esters is 1. The average Bonchev–Trinajstić information content (AvgIpc) is 3.75. The number of fused-ring (bicyclic) bond motifs is 11. The van der Waals surface area contributed by atoms with Gasteiger partial charge < -0.3 is 0 Å². The molecule has 41 heavy (non-hydrogen) atoms. The standard InChI is InChI=1S/C28H33N2O5.C5H5.Fe/c1-26(2,3)23(31)30-22(18-12-8-9-13-18)34-24(32)28(30,7)16-19-17-29(25(33)35-27(4,5)6)21-15-11-10-14-20(19)21;1-2-4-5-3-1;/h8-15,17,22H,16H2,1-7H3;1-5H;/t22-,28+;;/m0../s1. The fourth-order valence-electron chi connectivity index (χ4n) is 21.0. The number of carbonyl (C=O) groups excluding carboxylic acids is 3. The van der Waals surface area contributed by atoms with Crippen molar-refractivity contribution < 1.29 is 30.4 Å². The minimum atomic E-state index is -3.73. The molecule has 6 atom stereocenters. The monoisotopic (exact) mass is 598 g/mol. The molecule has 7 nitrogen and oxygen atoms in total. The summed E-state index contributed by atoms with van der Waals surface area (Å²) in [7, 11) is 0. The van der Waals surface area contributed by atoms with Gasteiger partial charge in [0, 0.05) is 0 Å². The number of amides is 1. The van der Waals surface area contributed by atoms with E-state index in [1.807, 2.05) is 83.8 Å². The van der Waals surface area contributed by atoms with Gasteiger partial charge in [-0.15, -0.1) is 0 Å². The molecule has 11 saturated heterocycles. The third kappa shape index (κ3) is 0.597. The molecule has 11 fully saturated rings. The SMILES string of the molecule is CC(C)(C)OC(=O)n1cc(C[C@]2(C)C(=O)O[C@@H]([C]34[CH]5[CH]6[CH]7[CH]3[Fe]6754389%10[CH]4[CH]3[CH]8[CH]9[CH]4%10)N2C(=O)C(C)(C)C)c2ccccc21. The van der Waals surface area contributed by atoms with Crippen molar-refractivity contribution in [2.75, 3.05) is 0 Å². The molecule has 12 heterocycles. The van der Waals surface area contributed by atoms with Gasteiger partial charge in [0.2, 0.25) is 0 Å². The van der Waals surface area contributed by atoms with Crippen molar-refractivity contribution in [3.05, 3.63) is 36.0 Å². The van der Waals surface area contributed by atoms with Crippen molar-refractivity contribution in [3.63, 3.8) is 0 Å². The summed E-state index contributed by atoms with van der Waals surface area (Å²) < 4.78 is 14.1. The summed E-state index contributed by atoms with van der Waals surface area (Å²) in [5, 5.41) is 0.900. The van der Waals surface area contributed by atoms with Crippen molar-refractivity contribution in [2.45, 2.75) is 120 Å². The molecule has 0 saturated carbocycles. The molecule has 13 rings (SSSR count). The van der Waals surface area contributed by atoms with Crippen LogP contribution in [0.5, 0.6) is 0 Å². The minimum absolute atomic E-state index is 0.0303. The van der Waals surface area contributed by atoms with Gasteiger partial charge >= 0.3 is 230 Å². The Kier molecular flexibility index (Phi) is 1.60. The van der Waals surface area contributed by atoms with Gasteiger partial charge in [0.05, 0.1) is 0 Å². The van der Waals surface area contributed by atoms with Crippen LogP contribution < -0.4 is 0 Å². The first-order valence-electron chi connectivity index (χ1n) is 15.5. The van der Waals surface area contributed by atoms with Crippen LogP contribution in [0.15, 0.2) is 30.5 Å². The second-order valence-electron chi connectivity index (χ2n) is 19.9. The molecule has 0 aliphatic carbocycles. The molecule has 11 aliphatic heterocycles. The molecule has 218 valence electrons. The number of ether oxygens (including phenoxy) is 2. The summed E-state index contributed by atoms with van der Waals surface area (Å²) in [6.07, 6.45) is 1.32. The first-order chi connectivity index (χ1) is 18.9. The van der Waals surface area contributed by atoms with Crippen LogP contribution in [0.2, 0.25) is 47.7 Å². The molecule has 4 unspecified atom stereocenters. The van der Waals surface area contributed by atoms with Gasteiger partial charge in [-0.05, 0) is 0 Å². The van der Waals surface area contributed by atoms with Crippen LogP contribution in [0.1, 0.15) is 54.0 Å². The van der Waals surface area contributed by atoms with E-state index in [-0.39, 0.29) is 22.4 Å². The number of rotatable bonds is 3. The Labute approximate surface area is 229 Å². The number of benzene rings is 1. The van der Waals surface area contributed by atoms with Crippen LogP contribution >= 0.6 is 0 Å². The molecular weight excluding hydrogens is 560 g/mol. The Morgan fingerprint density at radius 2 is 1.54 bits per heavy atom. The molecule has 0 N–H and O–H groups in total. The number of aromatic nitrogens is 1. The van der Waals surface area contributed by atoms with E-state index in [1.165, 1.54) is 0 Å². The Morgan fingerprint density at radius 1 is 0.951 bits per heavy atom.